The summed E-state index contributed by atoms with van der Waals surface area (Å²) >= 11 is 5.75. The monoisotopic (exact) mass is 329 g/mol. The van der Waals surface area contributed by atoms with Crippen LogP contribution in [-0.4, -0.2) is 22.8 Å². The van der Waals surface area contributed by atoms with Gasteiger partial charge in [-0.25, -0.2) is 9.78 Å². The minimum absolute atomic E-state index is 0.0450. The molecule has 0 saturated heterocycles. The molecule has 1 fully saturated rings. The van der Waals surface area contributed by atoms with Crippen LogP contribution in [0.15, 0.2) is 42.6 Å². The van der Waals surface area contributed by atoms with Gasteiger partial charge in [0.25, 0.3) is 0 Å². The molecule has 0 aliphatic heterocycles. The number of nitrogens with zero attached hydrogens (tertiary/aromatic N) is 1. The van der Waals surface area contributed by atoms with E-state index in [1.165, 1.54) is 6.20 Å². The van der Waals surface area contributed by atoms with E-state index in [1.807, 2.05) is 18.2 Å². The van der Waals surface area contributed by atoms with E-state index in [0.29, 0.717) is 16.4 Å². The molecule has 1 aliphatic carbocycles. The topological polar surface area (TPSA) is 71.1 Å². The predicted octanol–water partition coefficient (Wildman–Crippen LogP) is 3.62. The van der Waals surface area contributed by atoms with Gasteiger partial charge >= 0.3 is 6.03 Å². The van der Waals surface area contributed by atoms with E-state index in [2.05, 4.69) is 15.6 Å². The standard InChI is InChI=1S/C17H16ClN3O2/c1-10(22)11-3-2-4-12(7-11)14-8-15(14)20-17(23)21-16-6-5-13(18)9-19-16/h2-7,9,14-15H,8H2,1H3,(H2,19,20,21,23). The lowest BCUT2D eigenvalue weighted by atomic mass is 10.0. The Morgan fingerprint density at radius 2 is 2.09 bits per heavy atom. The van der Waals surface area contributed by atoms with E-state index in [0.717, 1.165) is 12.0 Å². The maximum absolute atomic E-state index is 12.0. The van der Waals surface area contributed by atoms with Gasteiger partial charge in [0, 0.05) is 23.7 Å². The highest BCUT2D eigenvalue weighted by molar-refractivity contribution is 6.30. The Hall–Kier alpha value is -2.40. The lowest BCUT2D eigenvalue weighted by Gasteiger charge is -2.07. The number of hydrogen-bond donors (Lipinski definition) is 2. The van der Waals surface area contributed by atoms with Crippen molar-refractivity contribution in [3.05, 3.63) is 58.7 Å². The first-order valence-electron chi connectivity index (χ1n) is 7.33. The summed E-state index contributed by atoms with van der Waals surface area (Å²) in [6.45, 7) is 1.55. The minimum atomic E-state index is -0.296. The number of amides is 2. The fourth-order valence-corrected chi connectivity index (χ4v) is 2.59. The average molecular weight is 330 g/mol. The van der Waals surface area contributed by atoms with Gasteiger partial charge in [0.1, 0.15) is 5.82 Å². The summed E-state index contributed by atoms with van der Waals surface area (Å²) in [6, 6.07) is 10.6. The number of hydrogen-bond acceptors (Lipinski definition) is 3. The Labute approximate surface area is 139 Å². The maximum Gasteiger partial charge on any atom is 0.320 e. The van der Waals surface area contributed by atoms with Crippen LogP contribution in [0.4, 0.5) is 10.6 Å². The van der Waals surface area contributed by atoms with Crippen LogP contribution in [0.5, 0.6) is 0 Å². The molecule has 2 aromatic rings. The average Bonchev–Trinajstić information content (AvgIpc) is 3.29. The molecule has 118 valence electrons. The zero-order chi connectivity index (χ0) is 16.4. The Kier molecular flexibility index (Phi) is 4.30. The SMILES string of the molecule is CC(=O)c1cccc(C2CC2NC(=O)Nc2ccc(Cl)cn2)c1. The number of halogens is 1. The molecule has 1 aliphatic rings. The fraction of sp³-hybridized carbons (Fsp3) is 0.235. The van der Waals surface area contributed by atoms with Crippen molar-refractivity contribution in [2.45, 2.75) is 25.3 Å². The summed E-state index contributed by atoms with van der Waals surface area (Å²) < 4.78 is 0. The molecule has 0 bridgehead atoms. The molecule has 1 heterocycles. The molecule has 2 unspecified atom stereocenters. The van der Waals surface area contributed by atoms with Gasteiger partial charge in [0.2, 0.25) is 0 Å². The molecule has 1 saturated carbocycles. The van der Waals surface area contributed by atoms with Crippen molar-refractivity contribution >= 4 is 29.2 Å². The van der Waals surface area contributed by atoms with Crippen LogP contribution < -0.4 is 10.6 Å². The van der Waals surface area contributed by atoms with Crippen LogP contribution in [0.1, 0.15) is 35.2 Å². The van der Waals surface area contributed by atoms with Crippen LogP contribution in [0.3, 0.4) is 0 Å². The molecule has 23 heavy (non-hydrogen) atoms. The summed E-state index contributed by atoms with van der Waals surface area (Å²) in [5, 5.41) is 6.09. The number of benzene rings is 1. The number of carbonyl (C=O) groups excluding carboxylic acids is 2. The van der Waals surface area contributed by atoms with Crippen molar-refractivity contribution in [1.82, 2.24) is 10.3 Å². The number of Topliss-reactive ketones (excluding diaryl/α,β-unsaturated/α-hetero) is 1. The predicted molar refractivity (Wildman–Crippen MR) is 89.0 cm³/mol. The molecule has 2 N–H and O–H groups in total. The van der Waals surface area contributed by atoms with Crippen molar-refractivity contribution in [1.29, 1.82) is 0 Å². The second kappa shape index (κ2) is 6.38. The highest BCUT2D eigenvalue weighted by Gasteiger charge is 2.39. The van der Waals surface area contributed by atoms with Crippen LogP contribution in [0.2, 0.25) is 5.02 Å². The van der Waals surface area contributed by atoms with Gasteiger partial charge < -0.3 is 5.32 Å². The molecule has 6 heteroatoms. The van der Waals surface area contributed by atoms with E-state index in [-0.39, 0.29) is 23.8 Å². The Morgan fingerprint density at radius 1 is 1.26 bits per heavy atom. The Bertz CT molecular complexity index is 746. The molecule has 1 aromatic carbocycles. The third kappa shape index (κ3) is 3.87. The molecule has 2 atom stereocenters. The van der Waals surface area contributed by atoms with E-state index in [9.17, 15) is 9.59 Å². The smallest absolute Gasteiger partial charge is 0.320 e. The van der Waals surface area contributed by atoms with Crippen molar-refractivity contribution in [3.8, 4) is 0 Å². The number of aromatic nitrogens is 1. The van der Waals surface area contributed by atoms with Gasteiger partial charge in [0.05, 0.1) is 5.02 Å². The minimum Gasteiger partial charge on any atom is -0.334 e. The van der Waals surface area contributed by atoms with E-state index in [1.54, 1.807) is 25.1 Å². The number of urea groups is 1. The number of carbonyl (C=O) groups is 2. The second-order valence-electron chi connectivity index (χ2n) is 5.59. The number of rotatable bonds is 4. The number of anilines is 1. The zero-order valence-corrected chi connectivity index (χ0v) is 13.3. The second-order valence-corrected chi connectivity index (χ2v) is 6.03. The van der Waals surface area contributed by atoms with Crippen LogP contribution in [0.25, 0.3) is 0 Å². The molecule has 0 radical (unpaired) electrons. The normalized spacial score (nSPS) is 19.0. The summed E-state index contributed by atoms with van der Waals surface area (Å²) in [7, 11) is 0. The number of nitrogens with one attached hydrogen (secondary N) is 2. The van der Waals surface area contributed by atoms with Gasteiger partial charge in [-0.2, -0.15) is 0 Å². The summed E-state index contributed by atoms with van der Waals surface area (Å²) in [4.78, 5) is 27.4. The van der Waals surface area contributed by atoms with Crippen LogP contribution in [0, 0.1) is 0 Å². The molecule has 1 aromatic heterocycles. The van der Waals surface area contributed by atoms with Crippen molar-refractivity contribution in [2.75, 3.05) is 5.32 Å². The van der Waals surface area contributed by atoms with Crippen LogP contribution in [-0.2, 0) is 0 Å². The Morgan fingerprint density at radius 3 is 2.78 bits per heavy atom. The molecule has 3 rings (SSSR count). The quantitative estimate of drug-likeness (QED) is 0.842. The molecular formula is C17H16ClN3O2. The first-order valence-corrected chi connectivity index (χ1v) is 7.70. The summed E-state index contributed by atoms with van der Waals surface area (Å²) in [5.41, 5.74) is 1.77. The first kappa shape index (κ1) is 15.5. The highest BCUT2D eigenvalue weighted by Crippen LogP contribution is 2.41. The molecule has 5 nitrogen and oxygen atoms in total. The Balaban J connectivity index is 1.56. The van der Waals surface area contributed by atoms with Crippen LogP contribution >= 0.6 is 11.6 Å². The lowest BCUT2D eigenvalue weighted by Crippen LogP contribution is -2.31. The van der Waals surface area contributed by atoms with Crippen molar-refractivity contribution in [3.63, 3.8) is 0 Å². The lowest BCUT2D eigenvalue weighted by molar-refractivity contribution is 0.101. The van der Waals surface area contributed by atoms with Gasteiger partial charge in [0.15, 0.2) is 5.78 Å². The number of ketones is 1. The third-order valence-electron chi connectivity index (χ3n) is 3.80. The molecule has 0 spiro atoms. The largest absolute Gasteiger partial charge is 0.334 e. The van der Waals surface area contributed by atoms with Crippen molar-refractivity contribution in [2.24, 2.45) is 0 Å². The van der Waals surface area contributed by atoms with Gasteiger partial charge in [-0.15, -0.1) is 0 Å². The van der Waals surface area contributed by atoms with Crippen molar-refractivity contribution < 1.29 is 9.59 Å². The number of pyridine rings is 1. The maximum atomic E-state index is 12.0. The summed E-state index contributed by atoms with van der Waals surface area (Å²) in [5.74, 6) is 0.740. The van der Waals surface area contributed by atoms with E-state index < -0.39 is 0 Å². The first-order chi connectivity index (χ1) is 11.0. The highest BCUT2D eigenvalue weighted by atomic mass is 35.5. The third-order valence-corrected chi connectivity index (χ3v) is 4.02. The van der Waals surface area contributed by atoms with Gasteiger partial charge in [-0.3, -0.25) is 10.1 Å². The molecule has 2 amide bonds. The summed E-state index contributed by atoms with van der Waals surface area (Å²) in [6.07, 6.45) is 2.34. The van der Waals surface area contributed by atoms with E-state index in [4.69, 9.17) is 11.6 Å². The zero-order valence-electron chi connectivity index (χ0n) is 12.5. The fourth-order valence-electron chi connectivity index (χ4n) is 2.48. The van der Waals surface area contributed by atoms with Gasteiger partial charge in [-0.1, -0.05) is 29.8 Å². The van der Waals surface area contributed by atoms with E-state index >= 15 is 0 Å². The molecular weight excluding hydrogens is 314 g/mol. The van der Waals surface area contributed by atoms with Gasteiger partial charge in [-0.05, 0) is 37.1 Å².